The van der Waals surface area contributed by atoms with Crippen molar-refractivity contribution in [3.63, 3.8) is 0 Å². The third-order valence-corrected chi connectivity index (χ3v) is 4.71. The van der Waals surface area contributed by atoms with Crippen molar-refractivity contribution in [1.29, 1.82) is 0 Å². The summed E-state index contributed by atoms with van der Waals surface area (Å²) >= 11 is 0. The van der Waals surface area contributed by atoms with Crippen molar-refractivity contribution in [3.05, 3.63) is 17.5 Å². The molecule has 23 heavy (non-hydrogen) atoms. The van der Waals surface area contributed by atoms with Gasteiger partial charge in [-0.25, -0.2) is 0 Å². The number of aryl methyl sites for hydroxylation is 1. The van der Waals surface area contributed by atoms with Crippen LogP contribution in [0.5, 0.6) is 0 Å². The molecule has 2 aliphatic heterocycles. The molecule has 2 aliphatic rings. The molecule has 1 saturated heterocycles. The molecule has 0 saturated carbocycles. The van der Waals surface area contributed by atoms with Crippen molar-refractivity contribution >= 4 is 11.8 Å². The molecular formula is C17H26N4O2. The predicted molar refractivity (Wildman–Crippen MR) is 87.2 cm³/mol. The molecule has 6 heteroatoms. The fourth-order valence-electron chi connectivity index (χ4n) is 3.41. The fraction of sp³-hybridized carbons (Fsp3) is 0.706. The van der Waals surface area contributed by atoms with Crippen LogP contribution in [0.15, 0.2) is 6.07 Å². The lowest BCUT2D eigenvalue weighted by Crippen LogP contribution is -2.38. The van der Waals surface area contributed by atoms with E-state index in [-0.39, 0.29) is 11.8 Å². The number of nitrogens with zero attached hydrogens (tertiary/aromatic N) is 3. The first-order valence-corrected chi connectivity index (χ1v) is 8.68. The van der Waals surface area contributed by atoms with Crippen LogP contribution in [0.4, 0.5) is 0 Å². The van der Waals surface area contributed by atoms with Gasteiger partial charge < -0.3 is 10.2 Å². The zero-order chi connectivity index (χ0) is 16.4. The summed E-state index contributed by atoms with van der Waals surface area (Å²) < 4.78 is 1.84. The summed E-state index contributed by atoms with van der Waals surface area (Å²) in [6.45, 7) is 7.25. The summed E-state index contributed by atoms with van der Waals surface area (Å²) in [7, 11) is 0. The molecule has 0 bridgehead atoms. The van der Waals surface area contributed by atoms with Gasteiger partial charge in [-0.1, -0.05) is 13.8 Å². The van der Waals surface area contributed by atoms with Crippen molar-refractivity contribution in [1.82, 2.24) is 20.0 Å². The summed E-state index contributed by atoms with van der Waals surface area (Å²) in [5.74, 6) is 0.997. The maximum Gasteiger partial charge on any atom is 0.269 e. The zero-order valence-corrected chi connectivity index (χ0v) is 14.0. The van der Waals surface area contributed by atoms with Gasteiger partial charge in [0.15, 0.2) is 0 Å². The van der Waals surface area contributed by atoms with E-state index in [0.29, 0.717) is 30.5 Å². The summed E-state index contributed by atoms with van der Waals surface area (Å²) in [5.41, 5.74) is 1.68. The molecule has 0 aliphatic carbocycles. The van der Waals surface area contributed by atoms with E-state index in [9.17, 15) is 9.59 Å². The van der Waals surface area contributed by atoms with Gasteiger partial charge in [0.2, 0.25) is 5.91 Å². The van der Waals surface area contributed by atoms with Crippen LogP contribution in [-0.2, 0) is 11.3 Å². The number of aromatic nitrogens is 2. The zero-order valence-electron chi connectivity index (χ0n) is 14.0. The van der Waals surface area contributed by atoms with Gasteiger partial charge in [-0.3, -0.25) is 14.3 Å². The summed E-state index contributed by atoms with van der Waals surface area (Å²) in [6.07, 6.45) is 3.41. The number of nitrogens with one attached hydrogen (secondary N) is 1. The van der Waals surface area contributed by atoms with Gasteiger partial charge in [-0.2, -0.15) is 5.10 Å². The topological polar surface area (TPSA) is 67.2 Å². The molecule has 3 heterocycles. The van der Waals surface area contributed by atoms with E-state index in [4.69, 9.17) is 0 Å². The lowest BCUT2D eigenvalue weighted by Gasteiger charge is -2.31. The number of rotatable bonds is 3. The fourth-order valence-corrected chi connectivity index (χ4v) is 3.41. The molecule has 6 nitrogen and oxygen atoms in total. The second-order valence-corrected chi connectivity index (χ2v) is 7.04. The highest BCUT2D eigenvalue weighted by Crippen LogP contribution is 2.28. The Bertz CT molecular complexity index is 585. The molecule has 1 aromatic heterocycles. The SMILES string of the molecule is CC(C)CC(=O)N1CCC(c2cc3n(n2)CCCNC3=O)CC1. The molecule has 0 radical (unpaired) electrons. The second-order valence-electron chi connectivity index (χ2n) is 7.04. The minimum atomic E-state index is -0.0224. The number of carbonyl (C=O) groups excluding carboxylic acids is 2. The van der Waals surface area contributed by atoms with Crippen LogP contribution in [0.2, 0.25) is 0 Å². The molecule has 1 fully saturated rings. The highest BCUT2D eigenvalue weighted by atomic mass is 16.2. The van der Waals surface area contributed by atoms with Gasteiger partial charge in [-0.15, -0.1) is 0 Å². The van der Waals surface area contributed by atoms with E-state index in [2.05, 4.69) is 24.3 Å². The van der Waals surface area contributed by atoms with E-state index in [1.165, 1.54) is 0 Å². The summed E-state index contributed by atoms with van der Waals surface area (Å²) in [6, 6.07) is 1.94. The van der Waals surface area contributed by atoms with Crippen molar-refractivity contribution in [2.45, 2.75) is 52.0 Å². The largest absolute Gasteiger partial charge is 0.351 e. The first kappa shape index (κ1) is 16.0. The predicted octanol–water partition coefficient (Wildman–Crippen LogP) is 1.77. The van der Waals surface area contributed by atoms with Crippen LogP contribution in [-0.4, -0.2) is 46.1 Å². The second kappa shape index (κ2) is 6.72. The Morgan fingerprint density at radius 1 is 1.35 bits per heavy atom. The van der Waals surface area contributed by atoms with Crippen molar-refractivity contribution in [2.75, 3.05) is 19.6 Å². The minimum absolute atomic E-state index is 0.0224. The van der Waals surface area contributed by atoms with E-state index >= 15 is 0 Å². The Morgan fingerprint density at radius 3 is 2.78 bits per heavy atom. The average Bonchev–Trinajstić information content (AvgIpc) is 2.88. The van der Waals surface area contributed by atoms with Gasteiger partial charge in [0, 0.05) is 38.5 Å². The maximum absolute atomic E-state index is 12.1. The Hall–Kier alpha value is -1.85. The molecule has 1 aromatic rings. The summed E-state index contributed by atoms with van der Waals surface area (Å²) in [4.78, 5) is 26.1. The van der Waals surface area contributed by atoms with Crippen LogP contribution in [0.3, 0.4) is 0 Å². The van der Waals surface area contributed by atoms with Crippen molar-refractivity contribution in [2.24, 2.45) is 5.92 Å². The molecule has 3 rings (SSSR count). The lowest BCUT2D eigenvalue weighted by atomic mass is 9.93. The molecule has 0 aromatic carbocycles. The van der Waals surface area contributed by atoms with E-state index in [0.717, 1.165) is 44.6 Å². The number of hydrogen-bond acceptors (Lipinski definition) is 3. The molecular weight excluding hydrogens is 292 g/mol. The van der Waals surface area contributed by atoms with Crippen LogP contribution < -0.4 is 5.32 Å². The number of piperidine rings is 1. The Balaban J connectivity index is 1.63. The van der Waals surface area contributed by atoms with Crippen LogP contribution in [0.25, 0.3) is 0 Å². The van der Waals surface area contributed by atoms with Gasteiger partial charge in [-0.05, 0) is 31.2 Å². The third-order valence-electron chi connectivity index (χ3n) is 4.71. The lowest BCUT2D eigenvalue weighted by molar-refractivity contribution is -0.133. The van der Waals surface area contributed by atoms with Gasteiger partial charge >= 0.3 is 0 Å². The molecule has 0 atom stereocenters. The molecule has 1 N–H and O–H groups in total. The van der Waals surface area contributed by atoms with E-state index < -0.39 is 0 Å². The average molecular weight is 318 g/mol. The van der Waals surface area contributed by atoms with Crippen molar-refractivity contribution in [3.8, 4) is 0 Å². The summed E-state index contributed by atoms with van der Waals surface area (Å²) in [5, 5.41) is 7.56. The molecule has 126 valence electrons. The standard InChI is InChI=1S/C17H26N4O2/c1-12(2)10-16(22)20-8-4-13(5-9-20)14-11-15-17(23)18-6-3-7-21(15)19-14/h11-13H,3-10H2,1-2H3,(H,18,23). The minimum Gasteiger partial charge on any atom is -0.351 e. The van der Waals surface area contributed by atoms with Crippen LogP contribution in [0, 0.1) is 5.92 Å². The van der Waals surface area contributed by atoms with Crippen molar-refractivity contribution < 1.29 is 9.59 Å². The Labute approximate surface area is 137 Å². The maximum atomic E-state index is 12.1. The number of hydrogen-bond donors (Lipinski definition) is 1. The number of likely N-dealkylation sites (tertiary alicyclic amines) is 1. The van der Waals surface area contributed by atoms with Gasteiger partial charge in [0.1, 0.15) is 5.69 Å². The first-order chi connectivity index (χ1) is 11.0. The highest BCUT2D eigenvalue weighted by molar-refractivity contribution is 5.92. The number of carbonyl (C=O) groups is 2. The van der Waals surface area contributed by atoms with Crippen LogP contribution in [0.1, 0.15) is 61.6 Å². The normalized spacial score (nSPS) is 19.4. The van der Waals surface area contributed by atoms with E-state index in [1.54, 1.807) is 0 Å². The third kappa shape index (κ3) is 3.57. The first-order valence-electron chi connectivity index (χ1n) is 8.68. The van der Waals surface area contributed by atoms with E-state index in [1.807, 2.05) is 15.6 Å². The Kier molecular flexibility index (Phi) is 4.68. The molecule has 0 unspecified atom stereocenters. The van der Waals surface area contributed by atoms with Crippen LogP contribution >= 0.6 is 0 Å². The number of amides is 2. The van der Waals surface area contributed by atoms with Gasteiger partial charge in [0.05, 0.1) is 5.69 Å². The smallest absolute Gasteiger partial charge is 0.269 e. The quantitative estimate of drug-likeness (QED) is 0.923. The molecule has 0 spiro atoms. The van der Waals surface area contributed by atoms with Gasteiger partial charge in [0.25, 0.3) is 5.91 Å². The molecule has 2 amide bonds. The highest BCUT2D eigenvalue weighted by Gasteiger charge is 2.27. The number of fused-ring (bicyclic) bond motifs is 1. The Morgan fingerprint density at radius 2 is 2.09 bits per heavy atom. The monoisotopic (exact) mass is 318 g/mol.